The van der Waals surface area contributed by atoms with Gasteiger partial charge in [0.25, 0.3) is 0 Å². The van der Waals surface area contributed by atoms with E-state index >= 15 is 0 Å². The first-order valence-corrected chi connectivity index (χ1v) is 9.88. The monoisotopic (exact) mass is 354 g/mol. The third-order valence-electron chi connectivity index (χ3n) is 4.20. The smallest absolute Gasteiger partial charge is 0.244 e. The second kappa shape index (κ2) is 8.48. The third kappa shape index (κ3) is 5.21. The Kier molecular flexibility index (Phi) is 6.62. The summed E-state index contributed by atoms with van der Waals surface area (Å²) in [6.45, 7) is 1.38. The van der Waals surface area contributed by atoms with E-state index < -0.39 is 10.0 Å². The van der Waals surface area contributed by atoms with E-state index in [-0.39, 0.29) is 22.6 Å². The highest BCUT2D eigenvalue weighted by Crippen LogP contribution is 2.28. The number of methoxy groups -OCH3 is 1. The average molecular weight is 354 g/mol. The van der Waals surface area contributed by atoms with E-state index in [1.807, 2.05) is 0 Å². The minimum Gasteiger partial charge on any atom is -0.495 e. The Bertz CT molecular complexity index is 665. The van der Waals surface area contributed by atoms with Gasteiger partial charge in [-0.2, -0.15) is 0 Å². The molecule has 1 aliphatic rings. The van der Waals surface area contributed by atoms with Crippen molar-refractivity contribution in [3.05, 3.63) is 18.2 Å². The number of carbonyl (C=O) groups excluding carboxylic acids is 1. The van der Waals surface area contributed by atoms with Crippen molar-refractivity contribution in [3.8, 4) is 5.75 Å². The highest BCUT2D eigenvalue weighted by atomic mass is 32.2. The molecule has 0 aromatic heterocycles. The Labute approximate surface area is 144 Å². The predicted molar refractivity (Wildman–Crippen MR) is 93.7 cm³/mol. The number of ether oxygens (including phenoxy) is 1. The Hall–Kier alpha value is -1.60. The molecule has 1 fully saturated rings. The maximum Gasteiger partial charge on any atom is 0.244 e. The minimum absolute atomic E-state index is 0.0515. The van der Waals surface area contributed by atoms with E-state index in [0.29, 0.717) is 5.69 Å². The first kappa shape index (κ1) is 18.7. The van der Waals surface area contributed by atoms with E-state index in [0.717, 1.165) is 38.5 Å². The summed E-state index contributed by atoms with van der Waals surface area (Å²) in [5.74, 6) is 0.0129. The first-order valence-electron chi connectivity index (χ1n) is 8.40. The summed E-state index contributed by atoms with van der Waals surface area (Å²) in [6.07, 6.45) is 7.32. The van der Waals surface area contributed by atoms with Crippen LogP contribution in [-0.2, 0) is 14.8 Å². The van der Waals surface area contributed by atoms with Crippen molar-refractivity contribution in [2.24, 2.45) is 0 Å². The Morgan fingerprint density at radius 2 is 1.75 bits per heavy atom. The van der Waals surface area contributed by atoms with E-state index in [1.165, 1.54) is 26.5 Å². The second-order valence-corrected chi connectivity index (χ2v) is 7.89. The molecule has 1 aromatic carbocycles. The van der Waals surface area contributed by atoms with Crippen LogP contribution in [0, 0.1) is 0 Å². The molecule has 2 N–H and O–H groups in total. The van der Waals surface area contributed by atoms with Gasteiger partial charge in [0.05, 0.1) is 7.11 Å². The minimum atomic E-state index is -3.72. The van der Waals surface area contributed by atoms with Gasteiger partial charge in [-0.3, -0.25) is 4.79 Å². The first-order chi connectivity index (χ1) is 11.4. The lowest BCUT2D eigenvalue weighted by atomic mass is 9.97. The van der Waals surface area contributed by atoms with Crippen LogP contribution in [0.15, 0.2) is 23.1 Å². The molecule has 0 unspecified atom stereocenters. The Balaban J connectivity index is 2.24. The molecule has 1 aliphatic carbocycles. The molecule has 134 valence electrons. The fourth-order valence-corrected chi connectivity index (χ4v) is 4.52. The molecule has 0 bridgehead atoms. The summed E-state index contributed by atoms with van der Waals surface area (Å²) in [4.78, 5) is 11.3. The van der Waals surface area contributed by atoms with E-state index in [9.17, 15) is 13.2 Å². The molecule has 24 heavy (non-hydrogen) atoms. The van der Waals surface area contributed by atoms with Crippen LogP contribution in [0.3, 0.4) is 0 Å². The van der Waals surface area contributed by atoms with Crippen LogP contribution in [-0.4, -0.2) is 27.5 Å². The summed E-state index contributed by atoms with van der Waals surface area (Å²) in [5, 5.41) is 2.60. The van der Waals surface area contributed by atoms with Crippen molar-refractivity contribution in [3.63, 3.8) is 0 Å². The number of anilines is 1. The highest BCUT2D eigenvalue weighted by Gasteiger charge is 2.24. The molecule has 0 atom stereocenters. The van der Waals surface area contributed by atoms with Crippen molar-refractivity contribution in [1.29, 1.82) is 0 Å². The van der Waals surface area contributed by atoms with Crippen molar-refractivity contribution >= 4 is 21.6 Å². The Morgan fingerprint density at radius 1 is 1.12 bits per heavy atom. The molecule has 6 nitrogen and oxygen atoms in total. The maximum atomic E-state index is 12.8. The van der Waals surface area contributed by atoms with Gasteiger partial charge in [0.2, 0.25) is 15.9 Å². The number of benzene rings is 1. The zero-order valence-electron chi connectivity index (χ0n) is 14.3. The third-order valence-corrected chi connectivity index (χ3v) is 5.74. The van der Waals surface area contributed by atoms with Crippen molar-refractivity contribution in [1.82, 2.24) is 4.72 Å². The number of rotatable bonds is 5. The lowest BCUT2D eigenvalue weighted by molar-refractivity contribution is -0.114. The second-order valence-electron chi connectivity index (χ2n) is 6.21. The summed E-state index contributed by atoms with van der Waals surface area (Å²) in [7, 11) is -2.28. The lowest BCUT2D eigenvalue weighted by Gasteiger charge is -2.21. The number of carbonyl (C=O) groups is 1. The summed E-state index contributed by atoms with van der Waals surface area (Å²) < 4.78 is 33.6. The molecular weight excluding hydrogens is 328 g/mol. The van der Waals surface area contributed by atoms with E-state index in [4.69, 9.17) is 4.74 Å². The number of sulfonamides is 1. The zero-order chi connectivity index (χ0) is 17.6. The van der Waals surface area contributed by atoms with Crippen LogP contribution in [0.5, 0.6) is 5.75 Å². The van der Waals surface area contributed by atoms with Gasteiger partial charge in [0.1, 0.15) is 10.6 Å². The Morgan fingerprint density at radius 3 is 2.33 bits per heavy atom. The van der Waals surface area contributed by atoms with Crippen molar-refractivity contribution in [2.45, 2.75) is 62.8 Å². The van der Waals surface area contributed by atoms with Gasteiger partial charge in [0, 0.05) is 18.7 Å². The number of amides is 1. The maximum absolute atomic E-state index is 12.8. The molecule has 1 aromatic rings. The predicted octanol–water partition coefficient (Wildman–Crippen LogP) is 3.04. The summed E-state index contributed by atoms with van der Waals surface area (Å²) >= 11 is 0. The van der Waals surface area contributed by atoms with Gasteiger partial charge in [0.15, 0.2) is 0 Å². The average Bonchev–Trinajstić information content (AvgIpc) is 2.49. The van der Waals surface area contributed by atoms with Crippen molar-refractivity contribution in [2.75, 3.05) is 12.4 Å². The quantitative estimate of drug-likeness (QED) is 0.851. The zero-order valence-corrected chi connectivity index (χ0v) is 15.1. The molecule has 0 heterocycles. The largest absolute Gasteiger partial charge is 0.495 e. The molecular formula is C17H26N2O4S. The molecule has 2 rings (SSSR count). The van der Waals surface area contributed by atoms with Gasteiger partial charge in [-0.1, -0.05) is 32.1 Å². The summed E-state index contributed by atoms with van der Waals surface area (Å²) in [5.41, 5.74) is 0.432. The molecule has 0 spiro atoms. The number of hydrogen-bond donors (Lipinski definition) is 2. The highest BCUT2D eigenvalue weighted by molar-refractivity contribution is 7.89. The van der Waals surface area contributed by atoms with Crippen molar-refractivity contribution < 1.29 is 17.9 Å². The van der Waals surface area contributed by atoms with Crippen LogP contribution in [0.4, 0.5) is 5.69 Å². The van der Waals surface area contributed by atoms with Gasteiger partial charge in [-0.15, -0.1) is 0 Å². The number of hydrogen-bond acceptors (Lipinski definition) is 4. The molecule has 1 amide bonds. The van der Waals surface area contributed by atoms with Crippen LogP contribution >= 0.6 is 0 Å². The van der Waals surface area contributed by atoms with Crippen LogP contribution in [0.25, 0.3) is 0 Å². The number of nitrogens with one attached hydrogen (secondary N) is 2. The molecule has 0 aliphatic heterocycles. The fraction of sp³-hybridized carbons (Fsp3) is 0.588. The van der Waals surface area contributed by atoms with Gasteiger partial charge in [-0.05, 0) is 31.0 Å². The van der Waals surface area contributed by atoms with Crippen LogP contribution in [0.2, 0.25) is 0 Å². The normalized spacial score (nSPS) is 16.9. The van der Waals surface area contributed by atoms with E-state index in [1.54, 1.807) is 12.1 Å². The topological polar surface area (TPSA) is 84.5 Å². The summed E-state index contributed by atoms with van der Waals surface area (Å²) in [6, 6.07) is 4.56. The van der Waals surface area contributed by atoms with E-state index in [2.05, 4.69) is 10.0 Å². The SMILES string of the molecule is COc1ccc(NC(C)=O)cc1S(=O)(=O)NC1CCCCCCC1. The standard InChI is InChI=1S/C17H26N2O4S/c1-13(20)18-15-10-11-16(23-2)17(12-15)24(21,22)19-14-8-6-4-3-5-7-9-14/h10-12,14,19H,3-9H2,1-2H3,(H,18,20). The molecule has 0 radical (unpaired) electrons. The van der Waals surface area contributed by atoms with Crippen LogP contribution < -0.4 is 14.8 Å². The van der Waals surface area contributed by atoms with Crippen LogP contribution in [0.1, 0.15) is 51.9 Å². The fourth-order valence-electron chi connectivity index (χ4n) is 3.02. The molecule has 7 heteroatoms. The van der Waals surface area contributed by atoms with Gasteiger partial charge < -0.3 is 10.1 Å². The van der Waals surface area contributed by atoms with Gasteiger partial charge in [-0.25, -0.2) is 13.1 Å². The van der Waals surface area contributed by atoms with Gasteiger partial charge >= 0.3 is 0 Å². The molecule has 0 saturated heterocycles. The molecule has 1 saturated carbocycles. The lowest BCUT2D eigenvalue weighted by Crippen LogP contribution is -2.35.